The number of H-pyrrole nitrogens is 1. The van der Waals surface area contributed by atoms with Crippen LogP contribution in [0.4, 0.5) is 28.4 Å². The monoisotopic (exact) mass is 1800 g/mol. The highest BCUT2D eigenvalue weighted by molar-refractivity contribution is 14.1. The summed E-state index contributed by atoms with van der Waals surface area (Å²) in [6.45, 7) is 15.0. The van der Waals surface area contributed by atoms with Crippen LogP contribution in [0.25, 0.3) is 65.4 Å². The number of hydrogen-bond acceptors (Lipinski definition) is 16. The van der Waals surface area contributed by atoms with Crippen LogP contribution in [0.5, 0.6) is 11.5 Å². The zero-order valence-corrected chi connectivity index (χ0v) is 66.0. The highest BCUT2D eigenvalue weighted by atomic mass is 127. The van der Waals surface area contributed by atoms with E-state index in [2.05, 4.69) is 136 Å². The number of carboxylic acid groups (broad SMARTS) is 1. The molecule has 0 spiro atoms. The Balaban J connectivity index is 0.000000223. The number of rotatable bonds is 21. The molecule has 0 aliphatic heterocycles. The van der Waals surface area contributed by atoms with Gasteiger partial charge in [0, 0.05) is 86.9 Å². The second-order valence-electron chi connectivity index (χ2n) is 22.1. The highest BCUT2D eigenvalue weighted by Crippen LogP contribution is 2.39. The number of nitrogens with zero attached hydrogens (tertiary/aromatic N) is 4. The van der Waals surface area contributed by atoms with Crippen molar-refractivity contribution in [2.24, 2.45) is 0 Å². The number of methoxy groups -OCH3 is 2. The standard InChI is InChI=1S/C28H32IN5O4S.C20H21ClIN3O.C14H8INO3.C8H12N2O3S.2ClH/c1-5-34(6-2)15-14-30-28(35)21-9-7-8-20-26(21)31-23-12-10-18(29)16-22(23)27(20)32-24-13-11-19(17-25(24)38-3)33-39(4,36)37;1-3-25(4-2)11-10-23-20(26)15-7-5-6-14-18(21)16-12-13(22)8-9-17(16)24-19(14)15;15-7-4-5-11-10(6-7)13(17)8-2-1-3-9(14(18)19)12(8)16-11;1-13-8-5-6(3-4-7(8)9)10-14(2,11)12;;/h7-13,16-17,33H,5-6,14-15H2,1-4H3,(H,30,35)(H,31,32);5-9,12H,3-4,10-11H2,1-2H3,(H,23,26);1-6H,(H,16,17)(H,18,19);3-5,10H,9H2,1-2H3;2*1H. The van der Waals surface area contributed by atoms with Crippen LogP contribution in [-0.4, -0.2) is 144 Å². The number of nitrogen functional groups attached to an aromatic ring is 1. The number of benzene rings is 8. The van der Waals surface area contributed by atoms with Crippen LogP contribution in [-0.2, 0) is 20.0 Å². The molecule has 0 radical (unpaired) electrons. The van der Waals surface area contributed by atoms with E-state index in [9.17, 15) is 36.0 Å². The summed E-state index contributed by atoms with van der Waals surface area (Å²) in [7, 11) is -3.71. The van der Waals surface area contributed by atoms with E-state index in [0.717, 1.165) is 101 Å². The number of nitrogens with one attached hydrogen (secondary N) is 6. The number of para-hydroxylation sites is 3. The first kappa shape index (κ1) is 81.6. The van der Waals surface area contributed by atoms with Gasteiger partial charge >= 0.3 is 5.97 Å². The SMILES string of the molecule is CCN(CC)CCNC(=O)c1cccc2c(Cl)c3cc(I)ccc3nc12.CCN(CC)CCNC(=O)c1cccc2c(Nc3ccc(NS(C)(=O)=O)cc3OC)c3cc(I)ccc3nc12.COc1cc(NS(C)(=O)=O)ccc1N.Cl.Cl.O=C(O)c1cccc2c(=O)c3cc(I)ccc3[nH]c12. The number of nitrogens with two attached hydrogens (primary N) is 1. The molecular formula is C70H75Cl3I3N11O11S2. The number of aromatic carboxylic acids is 1. The van der Waals surface area contributed by atoms with Gasteiger partial charge in [0.2, 0.25) is 20.0 Å². The summed E-state index contributed by atoms with van der Waals surface area (Å²) >= 11 is 13.3. The summed E-state index contributed by atoms with van der Waals surface area (Å²) in [5.41, 5.74) is 13.1. The topological polar surface area (TPSA) is 309 Å². The number of amides is 2. The largest absolute Gasteiger partial charge is 0.495 e. The third-order valence-electron chi connectivity index (χ3n) is 15.5. The summed E-state index contributed by atoms with van der Waals surface area (Å²) in [6, 6.07) is 42.9. The molecule has 0 unspecified atom stereocenters. The number of carbonyl (C=O) groups excluding carboxylic acids is 2. The van der Waals surface area contributed by atoms with E-state index in [1.54, 1.807) is 66.7 Å². The Morgan fingerprint density at radius 1 is 0.570 bits per heavy atom. The van der Waals surface area contributed by atoms with E-state index < -0.39 is 26.0 Å². The lowest BCUT2D eigenvalue weighted by Crippen LogP contribution is -2.34. The van der Waals surface area contributed by atoms with E-state index in [-0.39, 0.29) is 47.6 Å². The van der Waals surface area contributed by atoms with Crippen LogP contribution < -0.4 is 46.0 Å². The van der Waals surface area contributed by atoms with Gasteiger partial charge < -0.3 is 51.0 Å². The van der Waals surface area contributed by atoms with Crippen molar-refractivity contribution >= 4 is 236 Å². The van der Waals surface area contributed by atoms with E-state index in [4.69, 9.17) is 41.9 Å². The maximum atomic E-state index is 13.3. The molecular weight excluding hydrogens is 1720 g/mol. The fourth-order valence-electron chi connectivity index (χ4n) is 10.6. The number of sulfonamides is 2. The molecule has 8 aromatic carbocycles. The Bertz CT molecular complexity index is 5120. The molecule has 0 aliphatic carbocycles. The van der Waals surface area contributed by atoms with E-state index in [1.807, 2.05) is 66.7 Å². The lowest BCUT2D eigenvalue weighted by Gasteiger charge is -2.19. The first-order valence-corrected chi connectivity index (χ1v) is 38.1. The molecule has 22 nitrogen and oxygen atoms in total. The number of ether oxygens (including phenoxy) is 2. The Morgan fingerprint density at radius 2 is 1.02 bits per heavy atom. The van der Waals surface area contributed by atoms with Crippen molar-refractivity contribution < 1.29 is 45.8 Å². The van der Waals surface area contributed by atoms with Gasteiger partial charge in [-0.25, -0.2) is 31.6 Å². The van der Waals surface area contributed by atoms with Gasteiger partial charge in [0.25, 0.3) is 11.8 Å². The summed E-state index contributed by atoms with van der Waals surface area (Å²) in [5, 5.41) is 23.7. The number of pyridine rings is 3. The Morgan fingerprint density at radius 3 is 1.53 bits per heavy atom. The minimum absolute atomic E-state index is 0. The molecule has 530 valence electrons. The van der Waals surface area contributed by atoms with Crippen LogP contribution in [0.3, 0.4) is 0 Å². The lowest BCUT2D eigenvalue weighted by atomic mass is 10.0. The quantitative estimate of drug-likeness (QED) is 0.0188. The number of anilines is 5. The van der Waals surface area contributed by atoms with Crippen LogP contribution in [0.1, 0.15) is 58.8 Å². The van der Waals surface area contributed by atoms with E-state index >= 15 is 0 Å². The van der Waals surface area contributed by atoms with Gasteiger partial charge in [-0.1, -0.05) is 69.6 Å². The number of aromatic amines is 1. The average molecular weight is 1800 g/mol. The van der Waals surface area contributed by atoms with Gasteiger partial charge in [-0.2, -0.15) is 0 Å². The van der Waals surface area contributed by atoms with Crippen LogP contribution >= 0.6 is 104 Å². The van der Waals surface area contributed by atoms with E-state index in [1.165, 1.54) is 26.4 Å². The third kappa shape index (κ3) is 21.1. The maximum absolute atomic E-state index is 13.3. The Labute approximate surface area is 638 Å². The van der Waals surface area contributed by atoms with Gasteiger partial charge in [-0.05, 0) is 197 Å². The van der Waals surface area contributed by atoms with Crippen molar-refractivity contribution in [2.75, 3.05) is 99.6 Å². The zero-order valence-electron chi connectivity index (χ0n) is 55.6. The Kier molecular flexibility index (Phi) is 30.2. The fraction of sp³-hybridized carbons (Fsp3) is 0.229. The van der Waals surface area contributed by atoms with Crippen LogP contribution in [0.2, 0.25) is 5.02 Å². The molecule has 0 aliphatic rings. The molecule has 11 aromatic rings. The normalized spacial score (nSPS) is 11.1. The third-order valence-corrected chi connectivity index (χ3v) is 19.1. The van der Waals surface area contributed by atoms with Gasteiger partial charge in [0.15, 0.2) is 5.43 Å². The van der Waals surface area contributed by atoms with Gasteiger partial charge in [-0.15, -0.1) is 24.8 Å². The van der Waals surface area contributed by atoms with Crippen molar-refractivity contribution in [3.05, 3.63) is 188 Å². The van der Waals surface area contributed by atoms with Crippen molar-refractivity contribution in [2.45, 2.75) is 27.7 Å². The van der Waals surface area contributed by atoms with E-state index in [0.29, 0.717) is 96.3 Å². The number of hydrogen-bond donors (Lipinski definition) is 8. The second-order valence-corrected chi connectivity index (χ2v) is 29.7. The molecule has 3 heterocycles. The van der Waals surface area contributed by atoms with Crippen LogP contribution in [0.15, 0.2) is 150 Å². The van der Waals surface area contributed by atoms with Gasteiger partial charge in [0.1, 0.15) is 11.5 Å². The zero-order chi connectivity index (χ0) is 71.2. The smallest absolute Gasteiger partial charge is 0.337 e. The minimum atomic E-state index is -3.44. The second kappa shape index (κ2) is 37.0. The number of carbonyl (C=O) groups is 3. The molecule has 0 saturated carbocycles. The minimum Gasteiger partial charge on any atom is -0.495 e. The number of halogens is 6. The molecule has 0 atom stereocenters. The average Bonchev–Trinajstić information content (AvgIpc) is 0.766. The molecule has 30 heteroatoms. The molecule has 9 N–H and O–H groups in total. The number of likely N-dealkylation sites (N-methyl/N-ethyl adjacent to an activating group) is 2. The lowest BCUT2D eigenvalue weighted by molar-refractivity contribution is 0.0698. The summed E-state index contributed by atoms with van der Waals surface area (Å²) in [4.78, 5) is 66.7. The molecule has 0 bridgehead atoms. The predicted molar refractivity (Wildman–Crippen MR) is 436 cm³/mol. The molecule has 100 heavy (non-hydrogen) atoms. The van der Waals surface area contributed by atoms with Crippen molar-refractivity contribution in [1.29, 1.82) is 0 Å². The number of carboxylic acids is 1. The highest BCUT2D eigenvalue weighted by Gasteiger charge is 2.21. The van der Waals surface area contributed by atoms with Crippen molar-refractivity contribution in [1.82, 2.24) is 35.4 Å². The van der Waals surface area contributed by atoms with Crippen molar-refractivity contribution in [3.8, 4) is 11.5 Å². The molecule has 11 rings (SSSR count). The predicted octanol–water partition coefficient (Wildman–Crippen LogP) is 14.4. The van der Waals surface area contributed by atoms with Crippen LogP contribution in [0, 0.1) is 10.7 Å². The fourth-order valence-corrected chi connectivity index (χ4v) is 13.5. The maximum Gasteiger partial charge on any atom is 0.337 e. The molecule has 3 aromatic heterocycles. The number of aromatic nitrogens is 3. The molecule has 2 amide bonds. The summed E-state index contributed by atoms with van der Waals surface area (Å²) < 4.78 is 63.6. The molecule has 0 saturated heterocycles. The first-order chi connectivity index (χ1) is 46.7. The van der Waals surface area contributed by atoms with Gasteiger partial charge in [-0.3, -0.25) is 23.8 Å². The van der Waals surface area contributed by atoms with Crippen molar-refractivity contribution in [3.63, 3.8) is 0 Å². The number of fused-ring (bicyclic) bond motifs is 6. The first-order valence-electron chi connectivity index (χ1n) is 30.7. The summed E-state index contributed by atoms with van der Waals surface area (Å²) in [5.74, 6) is -0.441. The van der Waals surface area contributed by atoms with Gasteiger partial charge in [0.05, 0.1) is 104 Å². The summed E-state index contributed by atoms with van der Waals surface area (Å²) in [6.07, 6.45) is 2.18. The Hall–Kier alpha value is -7.34. The molecule has 0 fully saturated rings.